The first-order valence-electron chi connectivity index (χ1n) is 8.78. The van der Waals surface area contributed by atoms with Crippen molar-refractivity contribution < 1.29 is 4.79 Å². The topological polar surface area (TPSA) is 81.3 Å². The molecule has 2 heterocycles. The summed E-state index contributed by atoms with van der Waals surface area (Å²) >= 11 is 1.28. The van der Waals surface area contributed by atoms with Gasteiger partial charge in [0.25, 0.3) is 5.56 Å². The number of thioether (sulfide) groups is 1. The first-order chi connectivity index (χ1) is 13.5. The van der Waals surface area contributed by atoms with E-state index < -0.39 is 0 Å². The molecule has 0 unspecified atom stereocenters. The second-order valence-corrected chi connectivity index (χ2v) is 7.60. The number of rotatable bonds is 4. The van der Waals surface area contributed by atoms with E-state index in [-0.39, 0.29) is 17.2 Å². The Kier molecular flexibility index (Phi) is 4.64. The molecule has 0 bridgehead atoms. The molecule has 0 aliphatic carbocycles. The number of hydrogen-bond acceptors (Lipinski definition) is 5. The van der Waals surface area contributed by atoms with Crippen LogP contribution < -0.4 is 10.9 Å². The third kappa shape index (κ3) is 3.16. The van der Waals surface area contributed by atoms with Gasteiger partial charge in [0.15, 0.2) is 5.16 Å². The molecule has 0 atom stereocenters. The van der Waals surface area contributed by atoms with E-state index in [0.717, 1.165) is 22.3 Å². The van der Waals surface area contributed by atoms with Crippen LogP contribution in [0.2, 0.25) is 0 Å². The van der Waals surface area contributed by atoms with Gasteiger partial charge in [-0.05, 0) is 37.6 Å². The molecule has 1 amide bonds. The van der Waals surface area contributed by atoms with Crippen molar-refractivity contribution in [1.82, 2.24) is 19.2 Å². The number of hydrogen-bond donors (Lipinski definition) is 1. The second kappa shape index (κ2) is 7.12. The van der Waals surface area contributed by atoms with Gasteiger partial charge >= 0.3 is 0 Å². The highest BCUT2D eigenvalue weighted by Gasteiger charge is 2.16. The molecule has 8 heteroatoms. The maximum Gasteiger partial charge on any atom is 0.262 e. The van der Waals surface area contributed by atoms with Gasteiger partial charge in [-0.1, -0.05) is 41.6 Å². The van der Waals surface area contributed by atoms with Crippen LogP contribution in [0.1, 0.15) is 11.1 Å². The third-order valence-electron chi connectivity index (χ3n) is 4.58. The number of benzene rings is 2. The van der Waals surface area contributed by atoms with Crippen molar-refractivity contribution in [3.05, 3.63) is 63.9 Å². The first-order valence-corrected chi connectivity index (χ1v) is 9.77. The zero-order chi connectivity index (χ0) is 19.8. The van der Waals surface area contributed by atoms with Crippen molar-refractivity contribution in [1.29, 1.82) is 0 Å². The average molecular weight is 393 g/mol. The fourth-order valence-electron chi connectivity index (χ4n) is 3.17. The Hall–Kier alpha value is -3.13. The molecule has 4 aromatic rings. The lowest BCUT2D eigenvalue weighted by atomic mass is 10.1. The molecular formula is C20H19N5O2S. The molecule has 0 aliphatic heterocycles. The fourth-order valence-corrected chi connectivity index (χ4v) is 3.91. The Balaban J connectivity index is 1.62. The lowest BCUT2D eigenvalue weighted by Gasteiger charge is -2.09. The molecule has 0 aliphatic rings. The largest absolute Gasteiger partial charge is 0.325 e. The van der Waals surface area contributed by atoms with Gasteiger partial charge in [0, 0.05) is 12.7 Å². The number of nitrogens with one attached hydrogen (secondary N) is 1. The van der Waals surface area contributed by atoms with E-state index in [0.29, 0.717) is 16.3 Å². The van der Waals surface area contributed by atoms with Crippen LogP contribution in [0.4, 0.5) is 5.69 Å². The van der Waals surface area contributed by atoms with Crippen molar-refractivity contribution in [2.24, 2.45) is 7.05 Å². The summed E-state index contributed by atoms with van der Waals surface area (Å²) in [6.07, 6.45) is 0. The predicted octanol–water partition coefficient (Wildman–Crippen LogP) is 2.93. The molecule has 28 heavy (non-hydrogen) atoms. The summed E-state index contributed by atoms with van der Waals surface area (Å²) in [5, 5.41) is 12.4. The summed E-state index contributed by atoms with van der Waals surface area (Å²) in [6, 6.07) is 13.2. The van der Waals surface area contributed by atoms with Crippen molar-refractivity contribution in [3.63, 3.8) is 0 Å². The smallest absolute Gasteiger partial charge is 0.262 e. The van der Waals surface area contributed by atoms with Crippen LogP contribution in [0.25, 0.3) is 16.7 Å². The molecule has 4 rings (SSSR count). The van der Waals surface area contributed by atoms with Crippen LogP contribution in [0.15, 0.2) is 52.4 Å². The zero-order valence-corrected chi connectivity index (χ0v) is 16.6. The van der Waals surface area contributed by atoms with E-state index in [1.165, 1.54) is 16.3 Å². The molecule has 142 valence electrons. The minimum Gasteiger partial charge on any atom is -0.325 e. The molecule has 2 aromatic carbocycles. The number of fused-ring (bicyclic) bond motifs is 3. The maximum atomic E-state index is 12.5. The summed E-state index contributed by atoms with van der Waals surface area (Å²) in [5.41, 5.74) is 3.57. The van der Waals surface area contributed by atoms with E-state index in [1.807, 2.05) is 54.6 Å². The number of carbonyl (C=O) groups excluding carboxylic acids is 1. The van der Waals surface area contributed by atoms with Gasteiger partial charge in [0.2, 0.25) is 11.7 Å². The Morgan fingerprint density at radius 3 is 2.71 bits per heavy atom. The Bertz CT molecular complexity index is 1280. The first kappa shape index (κ1) is 18.2. The Labute approximate surface area is 165 Å². The van der Waals surface area contributed by atoms with Crippen LogP contribution in [-0.2, 0) is 11.8 Å². The van der Waals surface area contributed by atoms with Crippen molar-refractivity contribution in [2.75, 3.05) is 11.1 Å². The van der Waals surface area contributed by atoms with E-state index in [1.54, 1.807) is 13.1 Å². The summed E-state index contributed by atoms with van der Waals surface area (Å²) < 4.78 is 3.28. The van der Waals surface area contributed by atoms with Gasteiger partial charge in [-0.3, -0.25) is 18.6 Å². The van der Waals surface area contributed by atoms with Crippen LogP contribution in [0, 0.1) is 13.8 Å². The van der Waals surface area contributed by atoms with Gasteiger partial charge in [-0.15, -0.1) is 10.2 Å². The summed E-state index contributed by atoms with van der Waals surface area (Å²) in [5.74, 6) is 0.509. The lowest BCUT2D eigenvalue weighted by Crippen LogP contribution is -2.20. The van der Waals surface area contributed by atoms with E-state index >= 15 is 0 Å². The maximum absolute atomic E-state index is 12.5. The van der Waals surface area contributed by atoms with Gasteiger partial charge in [-0.25, -0.2) is 0 Å². The minimum absolute atomic E-state index is 0.122. The number of para-hydroxylation sites is 1. The van der Waals surface area contributed by atoms with E-state index in [4.69, 9.17) is 0 Å². The third-order valence-corrected chi connectivity index (χ3v) is 5.51. The highest BCUT2D eigenvalue weighted by molar-refractivity contribution is 7.99. The Morgan fingerprint density at radius 1 is 1.14 bits per heavy atom. The molecule has 0 saturated heterocycles. The van der Waals surface area contributed by atoms with Crippen LogP contribution >= 0.6 is 11.8 Å². The molecule has 0 radical (unpaired) electrons. The van der Waals surface area contributed by atoms with Crippen molar-refractivity contribution in [3.8, 4) is 0 Å². The quantitative estimate of drug-likeness (QED) is 0.539. The summed E-state index contributed by atoms with van der Waals surface area (Å²) in [4.78, 5) is 24.9. The molecule has 0 fully saturated rings. The predicted molar refractivity (Wildman–Crippen MR) is 111 cm³/mol. The number of aryl methyl sites for hydroxylation is 3. The number of anilines is 1. The van der Waals surface area contributed by atoms with Crippen LogP contribution in [-0.4, -0.2) is 30.8 Å². The molecule has 0 spiro atoms. The van der Waals surface area contributed by atoms with Gasteiger partial charge in [0.1, 0.15) is 0 Å². The van der Waals surface area contributed by atoms with E-state index in [2.05, 4.69) is 15.5 Å². The van der Waals surface area contributed by atoms with Gasteiger partial charge in [-0.2, -0.15) is 0 Å². The molecule has 7 nitrogen and oxygen atoms in total. The van der Waals surface area contributed by atoms with E-state index in [9.17, 15) is 9.59 Å². The minimum atomic E-state index is -0.125. The van der Waals surface area contributed by atoms with Gasteiger partial charge in [0.05, 0.1) is 16.7 Å². The number of aromatic nitrogens is 4. The summed E-state index contributed by atoms with van der Waals surface area (Å²) in [6.45, 7) is 3.98. The van der Waals surface area contributed by atoms with Crippen LogP contribution in [0.5, 0.6) is 0 Å². The van der Waals surface area contributed by atoms with Crippen molar-refractivity contribution >= 4 is 40.0 Å². The van der Waals surface area contributed by atoms with Crippen LogP contribution in [0.3, 0.4) is 0 Å². The molecular weight excluding hydrogens is 374 g/mol. The number of nitrogens with zero attached hydrogens (tertiary/aromatic N) is 4. The molecule has 2 aromatic heterocycles. The highest BCUT2D eigenvalue weighted by atomic mass is 32.2. The second-order valence-electron chi connectivity index (χ2n) is 6.65. The highest BCUT2D eigenvalue weighted by Crippen LogP contribution is 2.22. The fraction of sp³-hybridized carbons (Fsp3) is 0.200. The molecule has 1 N–H and O–H groups in total. The average Bonchev–Trinajstić information content (AvgIpc) is 3.11. The monoisotopic (exact) mass is 393 g/mol. The standard InChI is InChI=1S/C20H19N5O2S/c1-12-8-9-15(13(2)10-12)21-17(26)11-28-20-23-22-19-24(3)18(27)14-6-4-5-7-16(14)25(19)20/h4-10H,11H2,1-3H3,(H,21,26). The SMILES string of the molecule is Cc1ccc(NC(=O)CSc2nnc3n(C)c(=O)c4ccccc4n23)c(C)c1. The zero-order valence-electron chi connectivity index (χ0n) is 15.8. The normalized spacial score (nSPS) is 11.2. The lowest BCUT2D eigenvalue weighted by molar-refractivity contribution is -0.113. The number of carbonyl (C=O) groups is 1. The van der Waals surface area contributed by atoms with Gasteiger partial charge < -0.3 is 5.32 Å². The number of amides is 1. The Morgan fingerprint density at radius 2 is 1.93 bits per heavy atom. The summed E-state index contributed by atoms with van der Waals surface area (Å²) in [7, 11) is 1.67. The molecule has 0 saturated carbocycles. The van der Waals surface area contributed by atoms with Crippen molar-refractivity contribution in [2.45, 2.75) is 19.0 Å².